The molecule has 28 heavy (non-hydrogen) atoms. The molecule has 2 aromatic carbocycles. The van der Waals surface area contributed by atoms with Gasteiger partial charge >= 0.3 is 30.2 Å². The molecule has 0 bridgehead atoms. The Morgan fingerprint density at radius 1 is 0.857 bits per heavy atom. The van der Waals surface area contributed by atoms with Gasteiger partial charge in [-0.25, -0.2) is 0 Å². The number of fused-ring (bicyclic) bond motifs is 1. The second kappa shape index (κ2) is 31.5. The molecule has 0 saturated heterocycles. The van der Waals surface area contributed by atoms with Gasteiger partial charge in [-0.2, -0.15) is 77.4 Å². The van der Waals surface area contributed by atoms with Gasteiger partial charge in [-0.1, -0.05) is 6.07 Å². The van der Waals surface area contributed by atoms with Crippen molar-refractivity contribution in [2.45, 2.75) is 41.5 Å². The second-order valence-electron chi connectivity index (χ2n) is 5.97. The van der Waals surface area contributed by atoms with Crippen LogP contribution in [-0.2, 0) is 23.3 Å². The second-order valence-corrected chi connectivity index (χ2v) is 5.97. The van der Waals surface area contributed by atoms with E-state index in [1.807, 2.05) is 18.3 Å². The maximum atomic E-state index is 3.06. The molecule has 0 amide bonds. The molecule has 0 atom stereocenters. The van der Waals surface area contributed by atoms with Crippen LogP contribution in [0.15, 0.2) is 60.8 Å². The number of aromatic amines is 1. The normalized spacial score (nSPS) is 7.39. The van der Waals surface area contributed by atoms with E-state index in [4.69, 9.17) is 0 Å². The summed E-state index contributed by atoms with van der Waals surface area (Å²) < 4.78 is 0. The van der Waals surface area contributed by atoms with E-state index < -0.39 is 0 Å². The van der Waals surface area contributed by atoms with Crippen molar-refractivity contribution in [2.75, 3.05) is 0 Å². The SMILES string of the molecule is C[C-](C)C.C[C-](C)C.Cl.Cl.[CH3-].[CH3-].[Si]=[Zr].[c-]1ccc[nH]1.c1ccc2[cH-]ccc2c1. The fourth-order valence-electron chi connectivity index (χ4n) is 1.31. The van der Waals surface area contributed by atoms with Gasteiger partial charge < -0.3 is 31.7 Å². The third kappa shape index (κ3) is 33.4. The minimum Gasteiger partial charge on any atom is -0.484 e. The van der Waals surface area contributed by atoms with E-state index in [0.717, 1.165) is 0 Å². The molecule has 0 fully saturated rings. The first-order chi connectivity index (χ1) is 11.4. The van der Waals surface area contributed by atoms with Gasteiger partial charge in [-0.3, -0.25) is 0 Å². The van der Waals surface area contributed by atoms with Crippen molar-refractivity contribution in [3.05, 3.63) is 93.7 Å². The van der Waals surface area contributed by atoms with E-state index in [2.05, 4.69) is 102 Å². The minimum absolute atomic E-state index is 0. The van der Waals surface area contributed by atoms with Gasteiger partial charge in [0.1, 0.15) is 0 Å². The van der Waals surface area contributed by atoms with E-state index in [0.29, 0.717) is 0 Å². The average molecular weight is 518 g/mol. The molecule has 0 aliphatic heterocycles. The van der Waals surface area contributed by atoms with Crippen molar-refractivity contribution in [3.63, 3.8) is 0 Å². The molecule has 3 rings (SSSR count). The number of halogens is 2. The monoisotopic (exact) mass is 515 g/mol. The molecule has 1 aromatic heterocycles. The Morgan fingerprint density at radius 3 is 1.64 bits per heavy atom. The molecule has 0 unspecified atom stereocenters. The first-order valence-electron chi connectivity index (χ1n) is 7.82. The number of hydrogen-bond acceptors (Lipinski definition) is 0. The fraction of sp³-hybridized carbons (Fsp3) is 0.261. The zero-order valence-electron chi connectivity index (χ0n) is 18.6. The smallest absolute Gasteiger partial charge is 0.0809 e. The van der Waals surface area contributed by atoms with Gasteiger partial charge in [0.2, 0.25) is 0 Å². The van der Waals surface area contributed by atoms with Gasteiger partial charge in [0.25, 0.3) is 0 Å². The topological polar surface area (TPSA) is 15.8 Å². The van der Waals surface area contributed by atoms with E-state index >= 15 is 0 Å². The van der Waals surface area contributed by atoms with Gasteiger partial charge in [-0.15, -0.1) is 60.7 Å². The molecule has 5 heteroatoms. The summed E-state index contributed by atoms with van der Waals surface area (Å²) in [5, 5.41) is 2.66. The number of H-pyrrole nitrogens is 1. The van der Waals surface area contributed by atoms with Crippen molar-refractivity contribution in [1.29, 1.82) is 0 Å². The van der Waals surface area contributed by atoms with Crippen LogP contribution in [-0.4, -0.2) is 11.9 Å². The molecule has 3 aromatic rings. The zero-order valence-corrected chi connectivity index (χ0v) is 23.7. The average Bonchev–Trinajstić information content (AvgIpc) is 3.23. The summed E-state index contributed by atoms with van der Waals surface area (Å²) in [6, 6.07) is 18.4. The number of nitrogens with one attached hydrogen (secondary N) is 1. The molecule has 1 heterocycles. The quantitative estimate of drug-likeness (QED) is 0.230. The van der Waals surface area contributed by atoms with Crippen LogP contribution in [0.25, 0.3) is 10.8 Å². The molecule has 0 saturated carbocycles. The number of aromatic nitrogens is 1. The molecular formula is C23H37Cl2NSiZr-6. The Morgan fingerprint density at radius 2 is 1.32 bits per heavy atom. The molecule has 1 N–H and O–H groups in total. The summed E-state index contributed by atoms with van der Waals surface area (Å²) >= 11 is 1.36. The number of benzene rings is 1. The number of hydrogen-bond donors (Lipinski definition) is 1. The Balaban J connectivity index is -0.0000000568. The Kier molecular flexibility index (Phi) is 47.2. The molecule has 0 spiro atoms. The van der Waals surface area contributed by atoms with Crippen LogP contribution in [0.3, 0.4) is 0 Å². The standard InChI is InChI=1S/C9H7.C4H4N.2C4H9.2CH3.2ClH.Si.Zr/c1-2-5-9-7-3-6-8(9)4-1;1-2-4-5-3-1;2*1-4(2)3;;;;;;/h1-7H;1-3,5H;2*1-3H3;2*1H3;2*1H;;/q6*-1;;;;. The summed E-state index contributed by atoms with van der Waals surface area (Å²) in [5.41, 5.74) is 0. The largest absolute Gasteiger partial charge is 0.484 e. The maximum absolute atomic E-state index is 3.06. The van der Waals surface area contributed by atoms with Crippen molar-refractivity contribution >= 4 is 42.5 Å². The van der Waals surface area contributed by atoms with Crippen molar-refractivity contribution in [2.24, 2.45) is 0 Å². The van der Waals surface area contributed by atoms with E-state index in [-0.39, 0.29) is 39.7 Å². The van der Waals surface area contributed by atoms with Crippen LogP contribution in [0.5, 0.6) is 0 Å². The Bertz CT molecular complexity index is 522. The van der Waals surface area contributed by atoms with Crippen LogP contribution in [0.1, 0.15) is 41.5 Å². The fourth-order valence-corrected chi connectivity index (χ4v) is 1.31. The Hall–Kier alpha value is -0.210. The van der Waals surface area contributed by atoms with Crippen molar-refractivity contribution < 1.29 is 23.3 Å². The van der Waals surface area contributed by atoms with Gasteiger partial charge in [0.15, 0.2) is 0 Å². The predicted octanol–water partition coefficient (Wildman–Crippen LogP) is 7.98. The Labute approximate surface area is 204 Å². The van der Waals surface area contributed by atoms with Crippen molar-refractivity contribution in [1.82, 2.24) is 4.98 Å². The van der Waals surface area contributed by atoms with Crippen LogP contribution in [0.4, 0.5) is 0 Å². The van der Waals surface area contributed by atoms with Gasteiger partial charge in [-0.05, 0) is 0 Å². The molecule has 0 aliphatic rings. The van der Waals surface area contributed by atoms with Crippen LogP contribution >= 0.6 is 24.8 Å². The first-order valence-corrected chi connectivity index (χ1v) is 12.0. The first kappa shape index (κ1) is 42.0. The summed E-state index contributed by atoms with van der Waals surface area (Å²) in [5.74, 6) is 2.83. The zero-order chi connectivity index (χ0) is 18.8. The molecule has 162 valence electrons. The molecule has 1 nitrogen and oxygen atoms in total. The molecule has 0 aliphatic carbocycles. The summed E-state index contributed by atoms with van der Waals surface area (Å²) in [6.07, 6.45) is 4.56. The molecule has 2 radical (unpaired) electrons. The van der Waals surface area contributed by atoms with E-state index in [1.54, 1.807) is 0 Å². The van der Waals surface area contributed by atoms with Crippen LogP contribution in [0.2, 0.25) is 0 Å². The van der Waals surface area contributed by atoms with Gasteiger partial charge in [0, 0.05) is 0 Å². The third-order valence-corrected chi connectivity index (χ3v) is 1.99. The van der Waals surface area contributed by atoms with Crippen molar-refractivity contribution in [3.8, 4) is 0 Å². The maximum Gasteiger partial charge on any atom is -0.0809 e. The molecular weight excluding hydrogens is 480 g/mol. The van der Waals surface area contributed by atoms with Crippen LogP contribution in [0, 0.1) is 32.9 Å². The summed E-state index contributed by atoms with van der Waals surface area (Å²) in [4.78, 5) is 2.74. The van der Waals surface area contributed by atoms with E-state index in [9.17, 15) is 0 Å². The van der Waals surface area contributed by atoms with Crippen LogP contribution < -0.4 is 0 Å². The number of rotatable bonds is 0. The summed E-state index contributed by atoms with van der Waals surface area (Å²) in [7, 11) is 0. The third-order valence-electron chi connectivity index (χ3n) is 1.99. The predicted molar refractivity (Wildman–Crippen MR) is 133 cm³/mol. The van der Waals surface area contributed by atoms with Gasteiger partial charge in [0.05, 0.1) is 0 Å². The minimum atomic E-state index is 0. The van der Waals surface area contributed by atoms with E-state index in [1.165, 1.54) is 45.9 Å². The summed E-state index contributed by atoms with van der Waals surface area (Å²) in [6.45, 7) is 15.6.